The van der Waals surface area contributed by atoms with Crippen LogP contribution in [0.4, 0.5) is 21.0 Å². The van der Waals surface area contributed by atoms with Crippen molar-refractivity contribution in [3.8, 4) is 0 Å². The first-order valence-corrected chi connectivity index (χ1v) is 15.1. The van der Waals surface area contributed by atoms with Crippen LogP contribution in [-0.2, 0) is 28.5 Å². The minimum Gasteiger partial charge on any atom is -0.462 e. The van der Waals surface area contributed by atoms with Crippen molar-refractivity contribution in [2.75, 3.05) is 37.1 Å². The van der Waals surface area contributed by atoms with Crippen LogP contribution >= 0.6 is 0 Å². The number of benzene rings is 1. The van der Waals surface area contributed by atoms with Crippen molar-refractivity contribution in [3.05, 3.63) is 48.1 Å². The molecule has 1 aromatic rings. The van der Waals surface area contributed by atoms with Gasteiger partial charge in [-0.05, 0) is 114 Å². The van der Waals surface area contributed by atoms with Crippen LogP contribution in [0.1, 0.15) is 70.8 Å². The Bertz CT molecular complexity index is 1160. The molecule has 2 aliphatic carbocycles. The van der Waals surface area contributed by atoms with Gasteiger partial charge in [-0.3, -0.25) is 10.6 Å². The molecular weight excluding hydrogens is 552 g/mol. The first kappa shape index (κ1) is 33.7. The van der Waals surface area contributed by atoms with Crippen molar-refractivity contribution in [2.45, 2.75) is 72.1 Å². The van der Waals surface area contributed by atoms with Gasteiger partial charge in [0.1, 0.15) is 0 Å². The second-order valence-corrected chi connectivity index (χ2v) is 12.0. The summed E-state index contributed by atoms with van der Waals surface area (Å²) in [6.07, 6.45) is 6.14. The van der Waals surface area contributed by atoms with Gasteiger partial charge >= 0.3 is 24.1 Å². The minimum atomic E-state index is -0.556. The molecule has 10 nitrogen and oxygen atoms in total. The molecule has 2 saturated carbocycles. The molecule has 0 aromatic heterocycles. The van der Waals surface area contributed by atoms with Crippen molar-refractivity contribution in [2.24, 2.45) is 23.7 Å². The van der Waals surface area contributed by atoms with Crippen LogP contribution in [-0.4, -0.2) is 50.6 Å². The number of esters is 2. The van der Waals surface area contributed by atoms with Gasteiger partial charge in [0.05, 0.1) is 26.4 Å². The summed E-state index contributed by atoms with van der Waals surface area (Å²) in [5.74, 6) is 0.444. The summed E-state index contributed by atoms with van der Waals surface area (Å²) >= 11 is 0. The van der Waals surface area contributed by atoms with E-state index in [9.17, 15) is 19.2 Å². The van der Waals surface area contributed by atoms with Gasteiger partial charge in [0.25, 0.3) is 0 Å². The number of carbonyl (C=O) groups is 4. The van der Waals surface area contributed by atoms with Crippen molar-refractivity contribution in [3.63, 3.8) is 0 Å². The summed E-state index contributed by atoms with van der Waals surface area (Å²) in [5.41, 5.74) is 2.66. The van der Waals surface area contributed by atoms with Gasteiger partial charge in [-0.2, -0.15) is 0 Å². The van der Waals surface area contributed by atoms with E-state index in [1.54, 1.807) is 32.0 Å². The molecule has 2 amide bonds. The zero-order valence-corrected chi connectivity index (χ0v) is 25.7. The molecule has 0 spiro atoms. The number of nitrogens with one attached hydrogen (secondary N) is 2. The summed E-state index contributed by atoms with van der Waals surface area (Å²) in [4.78, 5) is 48.1. The van der Waals surface area contributed by atoms with Gasteiger partial charge in [-0.25, -0.2) is 19.2 Å². The number of ether oxygens (including phenoxy) is 4. The molecule has 0 saturated heterocycles. The fourth-order valence-electron chi connectivity index (χ4n) is 5.28. The molecule has 236 valence electrons. The molecule has 0 unspecified atom stereocenters. The van der Waals surface area contributed by atoms with E-state index < -0.39 is 12.2 Å². The number of anilines is 2. The molecular formula is C33H46N2O8. The third-order valence-corrected chi connectivity index (χ3v) is 8.15. The predicted molar refractivity (Wildman–Crippen MR) is 164 cm³/mol. The van der Waals surface area contributed by atoms with Gasteiger partial charge in [-0.1, -0.05) is 19.2 Å². The molecule has 0 bridgehead atoms. The number of hydrogen-bond donors (Lipinski definition) is 2. The van der Waals surface area contributed by atoms with Crippen LogP contribution in [0.2, 0.25) is 0 Å². The first-order valence-electron chi connectivity index (χ1n) is 15.1. The second-order valence-electron chi connectivity index (χ2n) is 12.0. The molecule has 2 fully saturated rings. The van der Waals surface area contributed by atoms with Crippen molar-refractivity contribution < 1.29 is 38.1 Å². The maximum Gasteiger partial charge on any atom is 0.411 e. The van der Waals surface area contributed by atoms with Crippen LogP contribution in [0.5, 0.6) is 0 Å². The fraction of sp³-hybridized carbons (Fsp3) is 0.576. The average Bonchev–Trinajstić information content (AvgIpc) is 2.99. The lowest BCUT2D eigenvalue weighted by atomic mass is 9.83. The molecule has 43 heavy (non-hydrogen) atoms. The normalized spacial score (nSPS) is 21.6. The third-order valence-electron chi connectivity index (χ3n) is 8.15. The number of amides is 2. The van der Waals surface area contributed by atoms with E-state index in [2.05, 4.69) is 23.8 Å². The van der Waals surface area contributed by atoms with Gasteiger partial charge < -0.3 is 18.9 Å². The Morgan fingerprint density at radius 3 is 1.42 bits per heavy atom. The van der Waals surface area contributed by atoms with E-state index in [0.717, 1.165) is 56.9 Å². The van der Waals surface area contributed by atoms with E-state index in [0.29, 0.717) is 60.8 Å². The Morgan fingerprint density at radius 1 is 0.651 bits per heavy atom. The molecule has 0 heterocycles. The van der Waals surface area contributed by atoms with E-state index in [-0.39, 0.29) is 23.8 Å². The fourth-order valence-corrected chi connectivity index (χ4v) is 5.28. The van der Waals surface area contributed by atoms with Crippen LogP contribution in [0.15, 0.2) is 42.5 Å². The topological polar surface area (TPSA) is 129 Å². The number of rotatable bonds is 12. The highest BCUT2D eigenvalue weighted by Crippen LogP contribution is 2.31. The first-order chi connectivity index (χ1) is 20.5. The monoisotopic (exact) mass is 598 g/mol. The maximum absolute atomic E-state index is 12.5. The van der Waals surface area contributed by atoms with E-state index >= 15 is 0 Å². The summed E-state index contributed by atoms with van der Waals surface area (Å²) in [7, 11) is 0. The second kappa shape index (κ2) is 16.7. The lowest BCUT2D eigenvalue weighted by molar-refractivity contribution is -0.141. The van der Waals surface area contributed by atoms with E-state index in [1.165, 1.54) is 0 Å². The quantitative estimate of drug-likeness (QED) is 0.150. The third kappa shape index (κ3) is 11.8. The number of aryl methyl sites for hydroxylation is 1. The zero-order chi connectivity index (χ0) is 31.4. The molecule has 0 aliphatic heterocycles. The lowest BCUT2D eigenvalue weighted by Gasteiger charge is -2.28. The van der Waals surface area contributed by atoms with Crippen LogP contribution in [0.25, 0.3) is 0 Å². The molecule has 3 rings (SSSR count). The molecule has 10 heteroatoms. The average molecular weight is 599 g/mol. The predicted octanol–water partition coefficient (Wildman–Crippen LogP) is 6.94. The van der Waals surface area contributed by atoms with Gasteiger partial charge in [0.15, 0.2) is 0 Å². The molecule has 0 atom stereocenters. The highest BCUT2D eigenvalue weighted by molar-refractivity contribution is 5.90. The van der Waals surface area contributed by atoms with Gasteiger partial charge in [0, 0.05) is 22.5 Å². The van der Waals surface area contributed by atoms with Crippen LogP contribution in [0, 0.1) is 30.6 Å². The Kier molecular flexibility index (Phi) is 13.1. The summed E-state index contributed by atoms with van der Waals surface area (Å²) in [5, 5.41) is 5.50. The summed E-state index contributed by atoms with van der Waals surface area (Å²) < 4.78 is 21.5. The lowest BCUT2D eigenvalue weighted by Crippen LogP contribution is -2.25. The highest BCUT2D eigenvalue weighted by atomic mass is 16.6. The number of hydrogen-bond acceptors (Lipinski definition) is 8. The highest BCUT2D eigenvalue weighted by Gasteiger charge is 2.25. The zero-order valence-electron chi connectivity index (χ0n) is 25.7. The Balaban J connectivity index is 1.34. The smallest absolute Gasteiger partial charge is 0.411 e. The minimum absolute atomic E-state index is 0.261. The molecule has 2 aliphatic rings. The molecule has 0 radical (unpaired) electrons. The van der Waals surface area contributed by atoms with Crippen LogP contribution in [0.3, 0.4) is 0 Å². The summed E-state index contributed by atoms with van der Waals surface area (Å²) in [6.45, 7) is 13.7. The molecule has 2 N–H and O–H groups in total. The van der Waals surface area contributed by atoms with Gasteiger partial charge in [-0.15, -0.1) is 0 Å². The van der Waals surface area contributed by atoms with E-state index in [1.807, 2.05) is 6.92 Å². The Labute approximate surface area is 254 Å². The van der Waals surface area contributed by atoms with Crippen molar-refractivity contribution >= 4 is 35.5 Å². The van der Waals surface area contributed by atoms with Crippen molar-refractivity contribution in [1.29, 1.82) is 0 Å². The van der Waals surface area contributed by atoms with E-state index in [4.69, 9.17) is 18.9 Å². The Hall–Kier alpha value is -3.82. The largest absolute Gasteiger partial charge is 0.462 e. The van der Waals surface area contributed by atoms with Crippen LogP contribution < -0.4 is 10.6 Å². The van der Waals surface area contributed by atoms with Gasteiger partial charge in [0.2, 0.25) is 0 Å². The standard InChI is InChI=1S/C33H46N2O8/c1-21(2)30(36)40-17-24-7-11-26(12-8-24)19-42-32(38)34-28-15-6-23(5)29(16-28)35-33(39)43-20-27-13-9-25(10-14-27)18-41-31(37)22(3)4/h6,15-16,24-27H,1,3,7-14,17-20H2,2,4-5H3,(H,34,38)(H,35,39). The number of carbonyl (C=O) groups excluding carboxylic acids is 4. The molecule has 1 aromatic carbocycles. The Morgan fingerprint density at radius 2 is 1.02 bits per heavy atom. The van der Waals surface area contributed by atoms with Crippen molar-refractivity contribution in [1.82, 2.24) is 0 Å². The SMILES string of the molecule is C=C(C)C(=O)OCC1CCC(COC(=O)Nc2ccc(C)c(NC(=O)OCC3CCC(COC(=O)C(=C)C)CC3)c2)CC1. The maximum atomic E-state index is 12.5. The summed E-state index contributed by atoms with van der Waals surface area (Å²) in [6, 6.07) is 5.22.